The molecule has 0 saturated heterocycles. The monoisotopic (exact) mass is 286 g/mol. The van der Waals surface area contributed by atoms with Gasteiger partial charge in [-0.25, -0.2) is 4.39 Å². The summed E-state index contributed by atoms with van der Waals surface area (Å²) in [4.78, 5) is 0. The van der Waals surface area contributed by atoms with E-state index in [2.05, 4.69) is 5.16 Å². The highest BCUT2D eigenvalue weighted by Gasteiger charge is 2.24. The highest BCUT2D eigenvalue weighted by atomic mass is 19.1. The second kappa shape index (κ2) is 4.77. The van der Waals surface area contributed by atoms with Crippen molar-refractivity contribution in [2.24, 2.45) is 0 Å². The number of benzene rings is 1. The van der Waals surface area contributed by atoms with Crippen LogP contribution in [0, 0.1) is 26.6 Å². The Balaban J connectivity index is 2.24. The summed E-state index contributed by atoms with van der Waals surface area (Å²) >= 11 is 0. The first-order chi connectivity index (χ1) is 9.99. The number of furan rings is 1. The number of aryl methyl sites for hydroxylation is 2. The SMILES string of the molecule is Cc1oc(C)c(-c2onc(N)c2-c2ccc(F)cc2)c1C. The zero-order valence-corrected chi connectivity index (χ0v) is 12.0. The van der Waals surface area contributed by atoms with Crippen molar-refractivity contribution in [2.45, 2.75) is 20.8 Å². The van der Waals surface area contributed by atoms with E-state index in [0.717, 1.165) is 28.2 Å². The highest BCUT2D eigenvalue weighted by molar-refractivity contribution is 5.88. The lowest BCUT2D eigenvalue weighted by Crippen LogP contribution is -1.90. The lowest BCUT2D eigenvalue weighted by atomic mass is 9.99. The molecule has 21 heavy (non-hydrogen) atoms. The van der Waals surface area contributed by atoms with Crippen molar-refractivity contribution in [1.82, 2.24) is 5.16 Å². The van der Waals surface area contributed by atoms with Crippen molar-refractivity contribution >= 4 is 5.82 Å². The Bertz CT molecular complexity index is 801. The van der Waals surface area contributed by atoms with E-state index >= 15 is 0 Å². The average Bonchev–Trinajstić information content (AvgIpc) is 2.92. The number of nitrogen functional groups attached to an aromatic ring is 1. The van der Waals surface area contributed by atoms with Crippen LogP contribution in [-0.4, -0.2) is 5.16 Å². The lowest BCUT2D eigenvalue weighted by molar-refractivity contribution is 0.434. The van der Waals surface area contributed by atoms with Crippen LogP contribution in [-0.2, 0) is 0 Å². The molecule has 3 aromatic rings. The van der Waals surface area contributed by atoms with E-state index in [0.29, 0.717) is 11.3 Å². The lowest BCUT2D eigenvalue weighted by Gasteiger charge is -2.03. The van der Waals surface area contributed by atoms with Crippen molar-refractivity contribution < 1.29 is 13.3 Å². The Morgan fingerprint density at radius 2 is 1.67 bits per heavy atom. The van der Waals surface area contributed by atoms with E-state index in [4.69, 9.17) is 14.7 Å². The molecule has 0 aliphatic heterocycles. The molecular formula is C16H15FN2O2. The van der Waals surface area contributed by atoms with Crippen molar-refractivity contribution in [3.63, 3.8) is 0 Å². The normalized spacial score (nSPS) is 11.0. The van der Waals surface area contributed by atoms with Gasteiger partial charge in [-0.3, -0.25) is 0 Å². The molecule has 1 aromatic carbocycles. The van der Waals surface area contributed by atoms with Crippen molar-refractivity contribution in [2.75, 3.05) is 5.73 Å². The van der Waals surface area contributed by atoms with E-state index in [1.54, 1.807) is 12.1 Å². The molecule has 0 aliphatic rings. The van der Waals surface area contributed by atoms with E-state index < -0.39 is 0 Å². The summed E-state index contributed by atoms with van der Waals surface area (Å²) < 4.78 is 24.1. The largest absolute Gasteiger partial charge is 0.466 e. The third-order valence-corrected chi connectivity index (χ3v) is 3.64. The minimum absolute atomic E-state index is 0.272. The molecule has 5 heteroatoms. The van der Waals surface area contributed by atoms with Gasteiger partial charge in [0.25, 0.3) is 0 Å². The number of rotatable bonds is 2. The molecular weight excluding hydrogens is 271 g/mol. The Labute approximate surface area is 121 Å². The second-order valence-electron chi connectivity index (χ2n) is 4.99. The van der Waals surface area contributed by atoms with Crippen LogP contribution in [0.3, 0.4) is 0 Å². The van der Waals surface area contributed by atoms with Crippen LogP contribution >= 0.6 is 0 Å². The van der Waals surface area contributed by atoms with Crippen LogP contribution in [0.4, 0.5) is 10.2 Å². The molecule has 0 spiro atoms. The summed E-state index contributed by atoms with van der Waals surface area (Å²) in [6.07, 6.45) is 0. The molecule has 0 unspecified atom stereocenters. The first-order valence-corrected chi connectivity index (χ1v) is 6.57. The molecule has 4 nitrogen and oxygen atoms in total. The zero-order valence-electron chi connectivity index (χ0n) is 12.0. The second-order valence-corrected chi connectivity index (χ2v) is 4.99. The number of hydrogen-bond donors (Lipinski definition) is 1. The van der Waals surface area contributed by atoms with Gasteiger partial charge in [0.15, 0.2) is 11.6 Å². The third-order valence-electron chi connectivity index (χ3n) is 3.64. The van der Waals surface area contributed by atoms with Gasteiger partial charge in [-0.15, -0.1) is 0 Å². The fraction of sp³-hybridized carbons (Fsp3) is 0.188. The fourth-order valence-corrected chi connectivity index (χ4v) is 2.50. The van der Waals surface area contributed by atoms with E-state index in [-0.39, 0.29) is 11.6 Å². The van der Waals surface area contributed by atoms with Gasteiger partial charge in [-0.1, -0.05) is 17.3 Å². The number of anilines is 1. The molecule has 2 N–H and O–H groups in total. The molecule has 0 amide bonds. The number of hydrogen-bond acceptors (Lipinski definition) is 4. The Hall–Kier alpha value is -2.56. The number of nitrogens with zero attached hydrogens (tertiary/aromatic N) is 1. The molecule has 0 saturated carbocycles. The number of nitrogens with two attached hydrogens (primary N) is 1. The topological polar surface area (TPSA) is 65.2 Å². The fourth-order valence-electron chi connectivity index (χ4n) is 2.50. The molecule has 0 bridgehead atoms. The third kappa shape index (κ3) is 2.11. The molecule has 2 aromatic heterocycles. The maximum atomic E-state index is 13.1. The summed E-state index contributed by atoms with van der Waals surface area (Å²) in [6.45, 7) is 5.71. The minimum atomic E-state index is -0.304. The average molecular weight is 286 g/mol. The summed E-state index contributed by atoms with van der Waals surface area (Å²) in [5.41, 5.74) is 9.16. The van der Waals surface area contributed by atoms with Gasteiger partial charge in [0.05, 0.1) is 11.1 Å². The van der Waals surface area contributed by atoms with Gasteiger partial charge >= 0.3 is 0 Å². The van der Waals surface area contributed by atoms with E-state index in [1.807, 2.05) is 20.8 Å². The Morgan fingerprint density at radius 3 is 2.24 bits per heavy atom. The maximum absolute atomic E-state index is 13.1. The van der Waals surface area contributed by atoms with Crippen LogP contribution in [0.2, 0.25) is 0 Å². The maximum Gasteiger partial charge on any atom is 0.180 e. The van der Waals surface area contributed by atoms with Gasteiger partial charge in [-0.05, 0) is 38.5 Å². The highest BCUT2D eigenvalue weighted by Crippen LogP contribution is 2.40. The van der Waals surface area contributed by atoms with Crippen molar-refractivity contribution in [1.29, 1.82) is 0 Å². The predicted molar refractivity (Wildman–Crippen MR) is 78.2 cm³/mol. The van der Waals surface area contributed by atoms with Crippen LogP contribution in [0.25, 0.3) is 22.5 Å². The first-order valence-electron chi connectivity index (χ1n) is 6.57. The molecule has 2 heterocycles. The molecule has 0 aliphatic carbocycles. The van der Waals surface area contributed by atoms with Crippen LogP contribution < -0.4 is 5.73 Å². The molecule has 0 atom stereocenters. The first kappa shape index (κ1) is 13.4. The summed E-state index contributed by atoms with van der Waals surface area (Å²) in [5.74, 6) is 2.08. The molecule has 3 rings (SSSR count). The zero-order chi connectivity index (χ0) is 15.1. The van der Waals surface area contributed by atoms with Gasteiger partial charge in [0.2, 0.25) is 0 Å². The van der Waals surface area contributed by atoms with E-state index in [1.165, 1.54) is 12.1 Å². The minimum Gasteiger partial charge on any atom is -0.466 e. The molecule has 0 radical (unpaired) electrons. The quantitative estimate of drug-likeness (QED) is 0.765. The molecule has 0 fully saturated rings. The van der Waals surface area contributed by atoms with Crippen molar-refractivity contribution in [3.05, 3.63) is 47.2 Å². The number of halogens is 1. The van der Waals surface area contributed by atoms with Gasteiger partial charge in [-0.2, -0.15) is 0 Å². The Morgan fingerprint density at radius 1 is 1.00 bits per heavy atom. The Kier molecular flexibility index (Phi) is 3.05. The summed E-state index contributed by atoms with van der Waals surface area (Å²) in [6, 6.07) is 6.07. The van der Waals surface area contributed by atoms with Crippen LogP contribution in [0.15, 0.2) is 33.2 Å². The summed E-state index contributed by atoms with van der Waals surface area (Å²) in [5, 5.41) is 3.85. The smallest absolute Gasteiger partial charge is 0.180 e. The van der Waals surface area contributed by atoms with Gasteiger partial charge in [0, 0.05) is 5.56 Å². The van der Waals surface area contributed by atoms with E-state index in [9.17, 15) is 4.39 Å². The predicted octanol–water partition coefficient (Wildman–Crippen LogP) is 4.25. The molecule has 108 valence electrons. The standard InChI is InChI=1S/C16H15FN2O2/c1-8-9(2)20-10(3)13(8)15-14(16(18)19-21-15)11-4-6-12(17)7-5-11/h4-7H,1-3H3,(H2,18,19). The summed E-state index contributed by atoms with van der Waals surface area (Å²) in [7, 11) is 0. The van der Waals surface area contributed by atoms with Crippen molar-refractivity contribution in [3.8, 4) is 22.5 Å². The van der Waals surface area contributed by atoms with Gasteiger partial charge < -0.3 is 14.7 Å². The number of aromatic nitrogens is 1. The van der Waals surface area contributed by atoms with Crippen LogP contribution in [0.5, 0.6) is 0 Å². The van der Waals surface area contributed by atoms with Crippen LogP contribution in [0.1, 0.15) is 17.1 Å². The van der Waals surface area contributed by atoms with Gasteiger partial charge in [0.1, 0.15) is 17.3 Å².